The molecular formula is C34H50O2. The van der Waals surface area contributed by atoms with Crippen molar-refractivity contribution < 1.29 is 9.47 Å². The van der Waals surface area contributed by atoms with Crippen LogP contribution >= 0.6 is 0 Å². The van der Waals surface area contributed by atoms with E-state index in [4.69, 9.17) is 9.47 Å². The molecule has 0 aromatic heterocycles. The smallest absolute Gasteiger partial charge is 0.122 e. The summed E-state index contributed by atoms with van der Waals surface area (Å²) < 4.78 is 12.6. The number of benzene rings is 2. The average molecular weight is 491 g/mol. The van der Waals surface area contributed by atoms with E-state index in [2.05, 4.69) is 64.1 Å². The van der Waals surface area contributed by atoms with Crippen molar-refractivity contribution in [2.24, 2.45) is 23.7 Å². The van der Waals surface area contributed by atoms with Crippen molar-refractivity contribution in [3.05, 3.63) is 47.5 Å². The van der Waals surface area contributed by atoms with Crippen LogP contribution in [0.4, 0.5) is 0 Å². The van der Waals surface area contributed by atoms with Crippen molar-refractivity contribution in [2.45, 2.75) is 105 Å². The fourth-order valence-corrected chi connectivity index (χ4v) is 6.59. The van der Waals surface area contributed by atoms with Crippen LogP contribution in [0.15, 0.2) is 36.4 Å². The molecule has 2 aliphatic rings. The summed E-state index contributed by atoms with van der Waals surface area (Å²) in [7, 11) is 0. The molecule has 0 amide bonds. The Balaban J connectivity index is 1.27. The van der Waals surface area contributed by atoms with E-state index >= 15 is 0 Å². The van der Waals surface area contributed by atoms with Gasteiger partial charge in [-0.25, -0.2) is 0 Å². The van der Waals surface area contributed by atoms with Gasteiger partial charge in [0.15, 0.2) is 0 Å². The predicted molar refractivity (Wildman–Crippen MR) is 153 cm³/mol. The molecule has 2 fully saturated rings. The lowest BCUT2D eigenvalue weighted by molar-refractivity contribution is 0.178. The highest BCUT2D eigenvalue weighted by Crippen LogP contribution is 2.35. The van der Waals surface area contributed by atoms with E-state index in [1.807, 2.05) is 0 Å². The molecule has 0 saturated heterocycles. The molecule has 0 bridgehead atoms. The van der Waals surface area contributed by atoms with Gasteiger partial charge in [0.1, 0.15) is 11.5 Å². The maximum absolute atomic E-state index is 6.29. The molecule has 2 aromatic carbocycles. The highest BCUT2D eigenvalue weighted by molar-refractivity contribution is 5.67. The van der Waals surface area contributed by atoms with E-state index in [1.54, 1.807) is 0 Å². The molecule has 2 aromatic rings. The Hall–Kier alpha value is -1.96. The average Bonchev–Trinajstić information content (AvgIpc) is 2.89. The first-order valence-corrected chi connectivity index (χ1v) is 15.0. The Morgan fingerprint density at radius 2 is 0.917 bits per heavy atom. The monoisotopic (exact) mass is 490 g/mol. The van der Waals surface area contributed by atoms with Gasteiger partial charge in [0.25, 0.3) is 0 Å². The first-order valence-electron chi connectivity index (χ1n) is 15.0. The molecule has 0 radical (unpaired) electrons. The minimum Gasteiger partial charge on any atom is -0.493 e. The third-order valence-corrected chi connectivity index (χ3v) is 8.96. The Bertz CT molecular complexity index is 855. The Morgan fingerprint density at radius 3 is 1.25 bits per heavy atom. The topological polar surface area (TPSA) is 18.5 Å². The number of hydrogen-bond acceptors (Lipinski definition) is 2. The largest absolute Gasteiger partial charge is 0.493 e. The van der Waals surface area contributed by atoms with Crippen molar-refractivity contribution in [1.82, 2.24) is 0 Å². The van der Waals surface area contributed by atoms with E-state index in [0.717, 1.165) is 48.4 Å². The second kappa shape index (κ2) is 13.5. The van der Waals surface area contributed by atoms with Crippen LogP contribution in [0, 0.1) is 37.5 Å². The van der Waals surface area contributed by atoms with Gasteiger partial charge in [0.05, 0.1) is 13.2 Å². The van der Waals surface area contributed by atoms with E-state index in [9.17, 15) is 0 Å². The van der Waals surface area contributed by atoms with Gasteiger partial charge in [-0.05, 0) is 110 Å². The highest BCUT2D eigenvalue weighted by Gasteiger charge is 2.22. The molecule has 0 spiro atoms. The molecule has 0 atom stereocenters. The lowest BCUT2D eigenvalue weighted by Crippen LogP contribution is -2.20. The van der Waals surface area contributed by atoms with Gasteiger partial charge in [0, 0.05) is 0 Å². The molecule has 4 rings (SSSR count). The van der Waals surface area contributed by atoms with Gasteiger partial charge >= 0.3 is 0 Å². The van der Waals surface area contributed by atoms with E-state index in [0.29, 0.717) is 0 Å². The summed E-state index contributed by atoms with van der Waals surface area (Å²) in [5, 5.41) is 0. The van der Waals surface area contributed by atoms with Crippen LogP contribution in [0.2, 0.25) is 0 Å². The minimum atomic E-state index is 0.721. The second-order valence-electron chi connectivity index (χ2n) is 11.9. The summed E-state index contributed by atoms with van der Waals surface area (Å²) in [6.45, 7) is 10.7. The Kier molecular flexibility index (Phi) is 10.2. The summed E-state index contributed by atoms with van der Waals surface area (Å²) in [5.74, 6) is 5.44. The molecule has 2 aliphatic carbocycles. The van der Waals surface area contributed by atoms with Gasteiger partial charge in [0.2, 0.25) is 0 Å². The van der Waals surface area contributed by atoms with Gasteiger partial charge in [-0.2, -0.15) is 0 Å². The molecule has 2 saturated carbocycles. The van der Waals surface area contributed by atoms with Crippen molar-refractivity contribution in [2.75, 3.05) is 13.2 Å². The maximum atomic E-state index is 6.29. The van der Waals surface area contributed by atoms with Crippen molar-refractivity contribution in [3.8, 4) is 22.6 Å². The molecule has 198 valence electrons. The number of aryl methyl sites for hydroxylation is 2. The van der Waals surface area contributed by atoms with E-state index in [-0.39, 0.29) is 0 Å². The van der Waals surface area contributed by atoms with E-state index in [1.165, 1.54) is 99.3 Å². The molecular weight excluding hydrogens is 440 g/mol. The number of hydrogen-bond donors (Lipinski definition) is 0. The SMILES string of the molecule is CCC[C@H]1CC[C@H](COc2ccc(-c3ccc(OC[C@H]4CC[C@H](CCC)CC4)c(C)c3)cc2C)CC1. The van der Waals surface area contributed by atoms with Crippen molar-refractivity contribution >= 4 is 0 Å². The van der Waals surface area contributed by atoms with Gasteiger partial charge in [-0.3, -0.25) is 0 Å². The second-order valence-corrected chi connectivity index (χ2v) is 11.9. The van der Waals surface area contributed by atoms with Crippen LogP contribution in [0.5, 0.6) is 11.5 Å². The normalized spacial score (nSPS) is 24.4. The fourth-order valence-electron chi connectivity index (χ4n) is 6.59. The molecule has 2 heteroatoms. The quantitative estimate of drug-likeness (QED) is 0.312. The summed E-state index contributed by atoms with van der Waals surface area (Å²) in [6.07, 6.45) is 16.3. The highest BCUT2D eigenvalue weighted by atomic mass is 16.5. The van der Waals surface area contributed by atoms with Crippen LogP contribution in [0.25, 0.3) is 11.1 Å². The molecule has 0 aliphatic heterocycles. The van der Waals surface area contributed by atoms with Crippen LogP contribution in [0.1, 0.15) is 102 Å². The molecule has 0 heterocycles. The zero-order valence-corrected chi connectivity index (χ0v) is 23.5. The number of ether oxygens (including phenoxy) is 2. The Labute approximate surface area is 221 Å². The molecule has 0 N–H and O–H groups in total. The van der Waals surface area contributed by atoms with Crippen LogP contribution < -0.4 is 9.47 Å². The van der Waals surface area contributed by atoms with Crippen LogP contribution in [0.3, 0.4) is 0 Å². The lowest BCUT2D eigenvalue weighted by Gasteiger charge is -2.28. The molecule has 2 nitrogen and oxygen atoms in total. The van der Waals surface area contributed by atoms with E-state index < -0.39 is 0 Å². The van der Waals surface area contributed by atoms with Gasteiger partial charge < -0.3 is 9.47 Å². The minimum absolute atomic E-state index is 0.721. The first-order chi connectivity index (χ1) is 17.6. The zero-order chi connectivity index (χ0) is 25.3. The van der Waals surface area contributed by atoms with Gasteiger partial charge in [-0.1, -0.05) is 77.3 Å². The summed E-state index contributed by atoms with van der Waals surface area (Å²) >= 11 is 0. The summed E-state index contributed by atoms with van der Waals surface area (Å²) in [6, 6.07) is 13.3. The fraction of sp³-hybridized carbons (Fsp3) is 0.647. The lowest BCUT2D eigenvalue weighted by atomic mass is 9.80. The molecule has 36 heavy (non-hydrogen) atoms. The molecule has 0 unspecified atom stereocenters. The maximum Gasteiger partial charge on any atom is 0.122 e. The van der Waals surface area contributed by atoms with Crippen molar-refractivity contribution in [3.63, 3.8) is 0 Å². The third-order valence-electron chi connectivity index (χ3n) is 8.96. The van der Waals surface area contributed by atoms with Crippen LogP contribution in [-0.4, -0.2) is 13.2 Å². The summed E-state index contributed by atoms with van der Waals surface area (Å²) in [4.78, 5) is 0. The Morgan fingerprint density at radius 1 is 0.556 bits per heavy atom. The summed E-state index contributed by atoms with van der Waals surface area (Å²) in [5.41, 5.74) is 4.96. The first kappa shape index (κ1) is 27.1. The number of rotatable bonds is 11. The standard InChI is InChI=1S/C34H50O2/c1-5-7-27-9-13-29(14-10-27)23-35-33-19-17-31(21-25(33)3)32-18-20-34(26(4)22-32)36-24-30-15-11-28(8-6-2)12-16-30/h17-22,27-30H,5-16,23-24H2,1-4H3/t27-,28-,29-,30-. The third kappa shape index (κ3) is 7.53. The predicted octanol–water partition coefficient (Wildman–Crippen LogP) is 9.94. The van der Waals surface area contributed by atoms with Crippen molar-refractivity contribution in [1.29, 1.82) is 0 Å². The zero-order valence-electron chi connectivity index (χ0n) is 23.5. The van der Waals surface area contributed by atoms with Crippen LogP contribution in [-0.2, 0) is 0 Å². The van der Waals surface area contributed by atoms with Gasteiger partial charge in [-0.15, -0.1) is 0 Å².